The quantitative estimate of drug-likeness (QED) is 0.837. The first kappa shape index (κ1) is 13.3. The van der Waals surface area contributed by atoms with E-state index in [2.05, 4.69) is 4.72 Å². The molecule has 0 saturated heterocycles. The lowest BCUT2D eigenvalue weighted by atomic mass is 10.1. The number of fused-ring (bicyclic) bond motifs is 1. The lowest BCUT2D eigenvalue weighted by Crippen LogP contribution is -2.26. The molecule has 1 aromatic carbocycles. The third kappa shape index (κ3) is 2.36. The molecule has 100 valence electrons. The second-order valence-electron chi connectivity index (χ2n) is 4.43. The van der Waals surface area contributed by atoms with Crippen LogP contribution in [0.15, 0.2) is 17.0 Å². The maximum absolute atomic E-state index is 12.1. The van der Waals surface area contributed by atoms with Crippen LogP contribution >= 0.6 is 0 Å². The van der Waals surface area contributed by atoms with Gasteiger partial charge in [-0.15, -0.1) is 0 Å². The fourth-order valence-corrected chi connectivity index (χ4v) is 3.45. The predicted octanol–water partition coefficient (Wildman–Crippen LogP) is 0.555. The van der Waals surface area contributed by atoms with Crippen molar-refractivity contribution in [2.45, 2.75) is 31.3 Å². The molecule has 1 aromatic rings. The van der Waals surface area contributed by atoms with E-state index in [4.69, 9.17) is 10.5 Å². The Morgan fingerprint density at radius 2 is 2.22 bits per heavy atom. The highest BCUT2D eigenvalue weighted by atomic mass is 32.2. The normalized spacial score (nSPS) is 18.5. The Morgan fingerprint density at radius 1 is 1.50 bits per heavy atom. The smallest absolute Gasteiger partial charge is 0.244 e. The van der Waals surface area contributed by atoms with Gasteiger partial charge in [-0.2, -0.15) is 0 Å². The Labute approximate surface area is 107 Å². The van der Waals surface area contributed by atoms with Gasteiger partial charge in [-0.25, -0.2) is 13.1 Å². The Morgan fingerprint density at radius 3 is 2.83 bits per heavy atom. The van der Waals surface area contributed by atoms with Crippen molar-refractivity contribution in [2.75, 3.05) is 13.1 Å². The van der Waals surface area contributed by atoms with E-state index in [9.17, 15) is 8.42 Å². The van der Waals surface area contributed by atoms with Crippen molar-refractivity contribution in [1.29, 1.82) is 0 Å². The third-order valence-electron chi connectivity index (χ3n) is 2.89. The van der Waals surface area contributed by atoms with E-state index in [1.165, 1.54) is 0 Å². The molecule has 1 aliphatic rings. The Balaban J connectivity index is 2.51. The van der Waals surface area contributed by atoms with Crippen LogP contribution in [0.5, 0.6) is 5.75 Å². The van der Waals surface area contributed by atoms with Crippen LogP contribution < -0.4 is 15.2 Å². The van der Waals surface area contributed by atoms with E-state index in [1.807, 2.05) is 13.0 Å². The molecular weight excluding hydrogens is 252 g/mol. The summed E-state index contributed by atoms with van der Waals surface area (Å²) in [6, 6.07) is 3.59. The molecule has 18 heavy (non-hydrogen) atoms. The Kier molecular flexibility index (Phi) is 3.61. The van der Waals surface area contributed by atoms with Crippen molar-refractivity contribution in [1.82, 2.24) is 4.72 Å². The number of nitrogens with one attached hydrogen (secondary N) is 1. The molecule has 0 aliphatic carbocycles. The lowest BCUT2D eigenvalue weighted by molar-refractivity contribution is 0.236. The summed E-state index contributed by atoms with van der Waals surface area (Å²) in [6.45, 7) is 4.36. The summed E-state index contributed by atoms with van der Waals surface area (Å²) >= 11 is 0. The maximum atomic E-state index is 12.1. The van der Waals surface area contributed by atoms with Gasteiger partial charge in [-0.3, -0.25) is 0 Å². The minimum atomic E-state index is -3.51. The van der Waals surface area contributed by atoms with Crippen molar-refractivity contribution in [3.63, 3.8) is 0 Å². The molecule has 0 spiro atoms. The molecule has 0 saturated carbocycles. The number of aryl methyl sites for hydroxylation is 1. The van der Waals surface area contributed by atoms with Crippen LogP contribution in [-0.2, 0) is 16.4 Å². The van der Waals surface area contributed by atoms with Crippen molar-refractivity contribution >= 4 is 10.0 Å². The molecule has 0 radical (unpaired) electrons. The summed E-state index contributed by atoms with van der Waals surface area (Å²) in [4.78, 5) is 0.218. The lowest BCUT2D eigenvalue weighted by Gasteiger charge is -2.12. The van der Waals surface area contributed by atoms with Crippen LogP contribution in [-0.4, -0.2) is 27.6 Å². The highest BCUT2D eigenvalue weighted by Crippen LogP contribution is 2.36. The average Bonchev–Trinajstić information content (AvgIpc) is 2.70. The minimum Gasteiger partial charge on any atom is -0.487 e. The average molecular weight is 270 g/mol. The van der Waals surface area contributed by atoms with Crippen LogP contribution in [0.4, 0.5) is 0 Å². The summed E-state index contributed by atoms with van der Waals surface area (Å²) < 4.78 is 32.4. The summed E-state index contributed by atoms with van der Waals surface area (Å²) in [7, 11) is -3.51. The number of benzene rings is 1. The van der Waals surface area contributed by atoms with E-state index in [-0.39, 0.29) is 11.0 Å². The van der Waals surface area contributed by atoms with Gasteiger partial charge >= 0.3 is 0 Å². The molecule has 0 aromatic heterocycles. The number of hydrogen-bond donors (Lipinski definition) is 2. The molecule has 3 N–H and O–H groups in total. The second kappa shape index (κ2) is 4.87. The molecular formula is C12H18N2O3S. The monoisotopic (exact) mass is 270 g/mol. The molecule has 1 aliphatic heterocycles. The molecule has 0 fully saturated rings. The van der Waals surface area contributed by atoms with Crippen LogP contribution in [0.1, 0.15) is 18.1 Å². The molecule has 6 heteroatoms. The summed E-state index contributed by atoms with van der Waals surface area (Å²) in [5, 5.41) is 0. The summed E-state index contributed by atoms with van der Waals surface area (Å²) in [5.41, 5.74) is 7.41. The highest BCUT2D eigenvalue weighted by molar-refractivity contribution is 7.89. The molecule has 0 amide bonds. The van der Waals surface area contributed by atoms with Gasteiger partial charge in [0.05, 0.1) is 0 Å². The molecule has 0 bridgehead atoms. The predicted molar refractivity (Wildman–Crippen MR) is 69.2 cm³/mol. The molecule has 1 heterocycles. The second-order valence-corrected chi connectivity index (χ2v) is 6.17. The highest BCUT2D eigenvalue weighted by Gasteiger charge is 2.29. The summed E-state index contributed by atoms with van der Waals surface area (Å²) in [5.74, 6) is 0.456. The molecule has 1 atom stereocenters. The van der Waals surface area contributed by atoms with Gasteiger partial charge in [-0.05, 0) is 24.1 Å². The van der Waals surface area contributed by atoms with Crippen molar-refractivity contribution in [3.05, 3.63) is 23.3 Å². The zero-order chi connectivity index (χ0) is 13.3. The van der Waals surface area contributed by atoms with Gasteiger partial charge < -0.3 is 10.5 Å². The number of sulfonamides is 1. The molecule has 2 rings (SSSR count). The van der Waals surface area contributed by atoms with E-state index >= 15 is 0 Å². The van der Waals surface area contributed by atoms with Crippen molar-refractivity contribution in [2.24, 2.45) is 5.73 Å². The van der Waals surface area contributed by atoms with Crippen LogP contribution in [0, 0.1) is 6.92 Å². The number of nitrogens with two attached hydrogens (primary N) is 1. The van der Waals surface area contributed by atoms with E-state index in [0.717, 1.165) is 11.1 Å². The van der Waals surface area contributed by atoms with E-state index < -0.39 is 10.0 Å². The number of rotatable bonds is 4. The van der Waals surface area contributed by atoms with Gasteiger partial charge in [0.25, 0.3) is 0 Å². The minimum absolute atomic E-state index is 0.127. The van der Waals surface area contributed by atoms with Gasteiger partial charge in [0.2, 0.25) is 10.0 Å². The number of hydrogen-bond acceptors (Lipinski definition) is 4. The van der Waals surface area contributed by atoms with E-state index in [1.54, 1.807) is 13.0 Å². The topological polar surface area (TPSA) is 81.4 Å². The maximum Gasteiger partial charge on any atom is 0.244 e. The molecule has 1 unspecified atom stereocenters. The number of ether oxygens (including phenoxy) is 1. The fraction of sp³-hybridized carbons (Fsp3) is 0.500. The summed E-state index contributed by atoms with van der Waals surface area (Å²) in [6.07, 6.45) is 0.541. The Hall–Kier alpha value is -1.11. The third-order valence-corrected chi connectivity index (χ3v) is 4.45. The SMILES string of the molecule is CCNS(=O)(=O)c1cc(C)cc2c1OC(CN)C2. The van der Waals surface area contributed by atoms with Gasteiger partial charge in [0.1, 0.15) is 16.7 Å². The first-order valence-electron chi connectivity index (χ1n) is 5.98. The van der Waals surface area contributed by atoms with Crippen LogP contribution in [0.3, 0.4) is 0 Å². The zero-order valence-corrected chi connectivity index (χ0v) is 11.4. The molecule has 5 nitrogen and oxygen atoms in total. The standard InChI is InChI=1S/C12H18N2O3S/c1-3-14-18(15,16)11-5-8(2)4-9-6-10(7-13)17-12(9)11/h4-5,10,14H,3,6-7,13H2,1-2H3. The van der Waals surface area contributed by atoms with E-state index in [0.29, 0.717) is 25.3 Å². The Bertz CT molecular complexity index is 555. The zero-order valence-electron chi connectivity index (χ0n) is 10.6. The largest absolute Gasteiger partial charge is 0.487 e. The first-order chi connectivity index (χ1) is 8.47. The van der Waals surface area contributed by atoms with Gasteiger partial charge in [0, 0.05) is 19.5 Å². The van der Waals surface area contributed by atoms with Crippen LogP contribution in [0.2, 0.25) is 0 Å². The van der Waals surface area contributed by atoms with Gasteiger partial charge in [-0.1, -0.05) is 13.0 Å². The van der Waals surface area contributed by atoms with Crippen LogP contribution in [0.25, 0.3) is 0 Å². The van der Waals surface area contributed by atoms with Crippen molar-refractivity contribution in [3.8, 4) is 5.75 Å². The van der Waals surface area contributed by atoms with Gasteiger partial charge in [0.15, 0.2) is 0 Å². The van der Waals surface area contributed by atoms with Crippen molar-refractivity contribution < 1.29 is 13.2 Å². The fourth-order valence-electron chi connectivity index (χ4n) is 2.15. The first-order valence-corrected chi connectivity index (χ1v) is 7.46.